The topological polar surface area (TPSA) is 57.2 Å². The van der Waals surface area contributed by atoms with Crippen LogP contribution in [0.1, 0.15) is 16.7 Å². The lowest BCUT2D eigenvalue weighted by atomic mass is 10.0. The largest absolute Gasteiger partial charge is 0.506 e. The van der Waals surface area contributed by atoms with Gasteiger partial charge in [-0.3, -0.25) is 0 Å². The van der Waals surface area contributed by atoms with Gasteiger partial charge in [0.15, 0.2) is 11.9 Å². The summed E-state index contributed by atoms with van der Waals surface area (Å²) in [7, 11) is 0. The molecule has 3 aromatic rings. The highest BCUT2D eigenvalue weighted by atomic mass is 16.6. The monoisotopic (exact) mass is 432 g/mol. The molecule has 0 saturated carbocycles. The van der Waals surface area contributed by atoms with Gasteiger partial charge in [0.1, 0.15) is 18.5 Å². The number of hydrogen-bond donors (Lipinski definition) is 1. The molecule has 1 N–H and O–H groups in total. The molecule has 0 saturated heterocycles. The molecule has 1 heterocycles. The smallest absolute Gasteiger partial charge is 0.158 e. The summed E-state index contributed by atoms with van der Waals surface area (Å²) in [5.41, 5.74) is 3.14. The average molecular weight is 433 g/mol. The van der Waals surface area contributed by atoms with Crippen molar-refractivity contribution in [3.8, 4) is 0 Å². The van der Waals surface area contributed by atoms with Gasteiger partial charge in [-0.05, 0) is 16.7 Å². The second-order valence-corrected chi connectivity index (χ2v) is 7.70. The molecule has 3 atom stereocenters. The van der Waals surface area contributed by atoms with Crippen LogP contribution in [-0.2, 0) is 38.8 Å². The lowest BCUT2D eigenvalue weighted by Crippen LogP contribution is -2.48. The maximum Gasteiger partial charge on any atom is 0.158 e. The SMILES string of the molecule is OC1=CO[C@H](COCc2ccccc2)[C@@H](OCc2ccccc2)[C@@H]1OCc1ccccc1. The number of aliphatic hydroxyl groups is 1. The van der Waals surface area contributed by atoms with Crippen LogP contribution in [0.25, 0.3) is 0 Å². The normalized spacial score (nSPS) is 20.4. The third kappa shape index (κ3) is 6.20. The molecule has 166 valence electrons. The van der Waals surface area contributed by atoms with E-state index in [2.05, 4.69) is 0 Å². The first-order valence-corrected chi connectivity index (χ1v) is 10.8. The summed E-state index contributed by atoms with van der Waals surface area (Å²) in [6.45, 7) is 1.51. The molecule has 5 nitrogen and oxygen atoms in total. The van der Waals surface area contributed by atoms with Crippen molar-refractivity contribution in [3.05, 3.63) is 120 Å². The molecule has 3 aromatic carbocycles. The Hall–Kier alpha value is -3.12. The van der Waals surface area contributed by atoms with Crippen molar-refractivity contribution in [2.75, 3.05) is 6.61 Å². The van der Waals surface area contributed by atoms with E-state index in [4.69, 9.17) is 18.9 Å². The van der Waals surface area contributed by atoms with Crippen molar-refractivity contribution in [2.24, 2.45) is 0 Å². The maximum atomic E-state index is 10.5. The summed E-state index contributed by atoms with van der Waals surface area (Å²) >= 11 is 0. The zero-order chi connectivity index (χ0) is 22.0. The molecule has 4 rings (SSSR count). The highest BCUT2D eigenvalue weighted by Gasteiger charge is 2.39. The van der Waals surface area contributed by atoms with Crippen molar-refractivity contribution < 1.29 is 24.1 Å². The Labute approximate surface area is 188 Å². The third-order valence-corrected chi connectivity index (χ3v) is 5.27. The van der Waals surface area contributed by atoms with Gasteiger partial charge in [-0.1, -0.05) is 91.0 Å². The first-order valence-electron chi connectivity index (χ1n) is 10.8. The molecule has 0 amide bonds. The van der Waals surface area contributed by atoms with Crippen molar-refractivity contribution in [3.63, 3.8) is 0 Å². The van der Waals surface area contributed by atoms with Gasteiger partial charge in [-0.15, -0.1) is 0 Å². The van der Waals surface area contributed by atoms with Crippen LogP contribution in [0.3, 0.4) is 0 Å². The van der Waals surface area contributed by atoms with Gasteiger partial charge in [0.05, 0.1) is 26.4 Å². The Morgan fingerprint density at radius 3 is 1.72 bits per heavy atom. The van der Waals surface area contributed by atoms with Gasteiger partial charge < -0.3 is 24.1 Å². The Bertz CT molecular complexity index is 959. The molecule has 5 heteroatoms. The van der Waals surface area contributed by atoms with Gasteiger partial charge in [-0.2, -0.15) is 0 Å². The van der Waals surface area contributed by atoms with Gasteiger partial charge in [-0.25, -0.2) is 0 Å². The first kappa shape index (κ1) is 22.1. The number of hydrogen-bond acceptors (Lipinski definition) is 5. The molecular formula is C27H28O5. The fourth-order valence-electron chi connectivity index (χ4n) is 3.57. The molecular weight excluding hydrogens is 404 g/mol. The van der Waals surface area contributed by atoms with Crippen LogP contribution in [0.15, 0.2) is 103 Å². The minimum atomic E-state index is -0.655. The Morgan fingerprint density at radius 1 is 0.656 bits per heavy atom. The molecule has 0 unspecified atom stereocenters. The van der Waals surface area contributed by atoms with E-state index < -0.39 is 18.3 Å². The van der Waals surface area contributed by atoms with Crippen LogP contribution in [0, 0.1) is 0 Å². The van der Waals surface area contributed by atoms with E-state index in [1.165, 1.54) is 6.26 Å². The minimum absolute atomic E-state index is 0.0123. The van der Waals surface area contributed by atoms with Crippen LogP contribution < -0.4 is 0 Å². The van der Waals surface area contributed by atoms with Crippen LogP contribution in [-0.4, -0.2) is 30.0 Å². The molecule has 32 heavy (non-hydrogen) atoms. The predicted molar refractivity (Wildman–Crippen MR) is 122 cm³/mol. The summed E-state index contributed by atoms with van der Waals surface area (Å²) in [4.78, 5) is 0. The second-order valence-electron chi connectivity index (χ2n) is 7.70. The number of rotatable bonds is 10. The van der Waals surface area contributed by atoms with Crippen LogP contribution in [0.2, 0.25) is 0 Å². The van der Waals surface area contributed by atoms with Crippen molar-refractivity contribution in [1.82, 2.24) is 0 Å². The summed E-state index contributed by atoms with van der Waals surface area (Å²) < 4.78 is 24.0. The fourth-order valence-corrected chi connectivity index (χ4v) is 3.57. The van der Waals surface area contributed by atoms with E-state index in [1.807, 2.05) is 91.0 Å². The van der Waals surface area contributed by atoms with E-state index in [0.29, 0.717) is 26.4 Å². The van der Waals surface area contributed by atoms with Crippen molar-refractivity contribution in [1.29, 1.82) is 0 Å². The number of benzene rings is 3. The molecule has 0 aromatic heterocycles. The average Bonchev–Trinajstić information content (AvgIpc) is 2.85. The third-order valence-electron chi connectivity index (χ3n) is 5.27. The van der Waals surface area contributed by atoms with Crippen LogP contribution in [0.5, 0.6) is 0 Å². The molecule has 1 aliphatic rings. The summed E-state index contributed by atoms with van der Waals surface area (Å²) in [5, 5.41) is 10.5. The van der Waals surface area contributed by atoms with Crippen LogP contribution >= 0.6 is 0 Å². The molecule has 0 aliphatic carbocycles. The van der Waals surface area contributed by atoms with E-state index in [0.717, 1.165) is 16.7 Å². The highest BCUT2D eigenvalue weighted by molar-refractivity contribution is 5.16. The van der Waals surface area contributed by atoms with Gasteiger partial charge in [0, 0.05) is 0 Å². The maximum absolute atomic E-state index is 10.5. The molecule has 0 fully saturated rings. The van der Waals surface area contributed by atoms with Gasteiger partial charge in [0.2, 0.25) is 0 Å². The van der Waals surface area contributed by atoms with E-state index in [9.17, 15) is 5.11 Å². The summed E-state index contributed by atoms with van der Waals surface area (Å²) in [6.07, 6.45) is -0.258. The second kappa shape index (κ2) is 11.5. The van der Waals surface area contributed by atoms with Crippen molar-refractivity contribution >= 4 is 0 Å². The molecule has 1 aliphatic heterocycles. The zero-order valence-corrected chi connectivity index (χ0v) is 17.9. The lowest BCUT2D eigenvalue weighted by Gasteiger charge is -2.36. The number of aliphatic hydroxyl groups excluding tert-OH is 1. The van der Waals surface area contributed by atoms with E-state index in [-0.39, 0.29) is 5.76 Å². The van der Waals surface area contributed by atoms with E-state index in [1.54, 1.807) is 0 Å². The fraction of sp³-hybridized carbons (Fsp3) is 0.259. The molecule has 0 radical (unpaired) electrons. The minimum Gasteiger partial charge on any atom is -0.506 e. The Morgan fingerprint density at radius 2 is 1.16 bits per heavy atom. The van der Waals surface area contributed by atoms with Crippen LogP contribution in [0.4, 0.5) is 0 Å². The zero-order valence-electron chi connectivity index (χ0n) is 17.9. The van der Waals surface area contributed by atoms with E-state index >= 15 is 0 Å². The lowest BCUT2D eigenvalue weighted by molar-refractivity contribution is -0.162. The number of ether oxygens (including phenoxy) is 4. The van der Waals surface area contributed by atoms with Crippen molar-refractivity contribution in [2.45, 2.75) is 38.1 Å². The van der Waals surface area contributed by atoms with Gasteiger partial charge >= 0.3 is 0 Å². The first-order chi connectivity index (χ1) is 15.8. The highest BCUT2D eigenvalue weighted by Crippen LogP contribution is 2.26. The quantitative estimate of drug-likeness (QED) is 0.479. The summed E-state index contributed by atoms with van der Waals surface area (Å²) in [6, 6.07) is 29.7. The predicted octanol–water partition coefficient (Wildman–Crippen LogP) is 5.17. The summed E-state index contributed by atoms with van der Waals surface area (Å²) in [5.74, 6) is 0.0123. The Balaban J connectivity index is 1.44. The standard InChI is InChI=1S/C27H28O5/c28-24-19-30-25(20-29-16-21-10-4-1-5-11-21)27(32-18-23-14-8-3-9-15-23)26(24)31-17-22-12-6-2-7-13-22/h1-15,19,25-28H,16-18,20H2/t25-,26-,27-/m1/s1. The molecule has 0 spiro atoms. The Kier molecular flexibility index (Phi) is 7.93. The van der Waals surface area contributed by atoms with Gasteiger partial charge in [0.25, 0.3) is 0 Å². The molecule has 0 bridgehead atoms.